The van der Waals surface area contributed by atoms with Crippen molar-refractivity contribution < 1.29 is 34.1 Å². The van der Waals surface area contributed by atoms with Crippen molar-refractivity contribution in [3.63, 3.8) is 0 Å². The first-order chi connectivity index (χ1) is 12.6. The maximum atomic E-state index is 13.0. The highest BCUT2D eigenvalue weighted by Crippen LogP contribution is 2.56. The molecule has 3 aliphatic rings. The zero-order chi connectivity index (χ0) is 20.1. The minimum absolute atomic E-state index is 0.0263. The summed E-state index contributed by atoms with van der Waals surface area (Å²) in [4.78, 5) is 37.4. The van der Waals surface area contributed by atoms with Gasteiger partial charge < -0.3 is 19.7 Å². The number of aliphatic hydroxyl groups is 2. The molecule has 2 unspecified atom stereocenters. The minimum Gasteiger partial charge on any atom is -0.461 e. The summed E-state index contributed by atoms with van der Waals surface area (Å²) in [5, 5.41) is 20.3. The van der Waals surface area contributed by atoms with Crippen molar-refractivity contribution in [2.24, 2.45) is 29.1 Å². The molecular formula is C20H30O7. The summed E-state index contributed by atoms with van der Waals surface area (Å²) in [5.74, 6) is -2.27. The summed E-state index contributed by atoms with van der Waals surface area (Å²) in [6.45, 7) is 6.78. The number of esters is 2. The largest absolute Gasteiger partial charge is 0.461 e. The molecule has 7 heteroatoms. The number of carbonyl (C=O) groups is 3. The molecule has 2 saturated carbocycles. The second-order valence-electron chi connectivity index (χ2n) is 8.90. The van der Waals surface area contributed by atoms with Crippen LogP contribution in [0.25, 0.3) is 0 Å². The predicted molar refractivity (Wildman–Crippen MR) is 94.4 cm³/mol. The van der Waals surface area contributed by atoms with Crippen molar-refractivity contribution >= 4 is 17.7 Å². The number of ether oxygens (including phenoxy) is 2. The van der Waals surface area contributed by atoms with Crippen LogP contribution < -0.4 is 0 Å². The topological polar surface area (TPSA) is 110 Å². The van der Waals surface area contributed by atoms with E-state index in [1.807, 2.05) is 20.8 Å². The van der Waals surface area contributed by atoms with Gasteiger partial charge >= 0.3 is 11.9 Å². The van der Waals surface area contributed by atoms with E-state index in [1.165, 1.54) is 0 Å². The van der Waals surface area contributed by atoms with E-state index in [0.29, 0.717) is 12.8 Å². The van der Waals surface area contributed by atoms with Crippen LogP contribution in [0.5, 0.6) is 0 Å². The lowest BCUT2D eigenvalue weighted by Crippen LogP contribution is -2.48. The number of carbonyl (C=O) groups excluding carboxylic acids is 3. The van der Waals surface area contributed by atoms with Crippen molar-refractivity contribution in [1.82, 2.24) is 0 Å². The molecule has 3 fully saturated rings. The van der Waals surface area contributed by atoms with Crippen molar-refractivity contribution in [2.45, 2.75) is 71.2 Å². The third-order valence-electron chi connectivity index (χ3n) is 7.22. The Bertz CT molecular complexity index is 646. The van der Waals surface area contributed by atoms with Gasteiger partial charge in [-0.2, -0.15) is 0 Å². The third kappa shape index (κ3) is 2.99. The Kier molecular flexibility index (Phi) is 5.14. The Balaban J connectivity index is 1.91. The number of aliphatic hydroxyl groups excluding tert-OH is 1. The number of hydrogen-bond acceptors (Lipinski definition) is 7. The van der Waals surface area contributed by atoms with Gasteiger partial charge in [-0.05, 0) is 25.2 Å². The van der Waals surface area contributed by atoms with E-state index in [9.17, 15) is 24.6 Å². The monoisotopic (exact) mass is 382 g/mol. The van der Waals surface area contributed by atoms with E-state index >= 15 is 0 Å². The van der Waals surface area contributed by atoms with Gasteiger partial charge in [-0.15, -0.1) is 0 Å². The average molecular weight is 382 g/mol. The minimum atomic E-state index is -1.98. The van der Waals surface area contributed by atoms with E-state index in [0.717, 1.165) is 0 Å². The zero-order valence-corrected chi connectivity index (χ0v) is 16.4. The highest BCUT2D eigenvalue weighted by atomic mass is 16.6. The number of rotatable bonds is 4. The first kappa shape index (κ1) is 20.3. The number of Topliss-reactive ketones (excluding diaryl/α,β-unsaturated/α-hetero) is 1. The molecule has 27 heavy (non-hydrogen) atoms. The van der Waals surface area contributed by atoms with Crippen LogP contribution in [0.2, 0.25) is 0 Å². The van der Waals surface area contributed by atoms with Gasteiger partial charge in [0.05, 0.1) is 12.5 Å². The quantitative estimate of drug-likeness (QED) is 0.704. The second kappa shape index (κ2) is 6.85. The molecule has 0 bridgehead atoms. The van der Waals surface area contributed by atoms with Gasteiger partial charge in [-0.25, -0.2) is 4.79 Å². The van der Waals surface area contributed by atoms with Crippen LogP contribution in [0.15, 0.2) is 0 Å². The van der Waals surface area contributed by atoms with E-state index < -0.39 is 41.7 Å². The van der Waals surface area contributed by atoms with Gasteiger partial charge in [0.25, 0.3) is 0 Å². The molecule has 0 aromatic heterocycles. The fourth-order valence-corrected chi connectivity index (χ4v) is 5.38. The van der Waals surface area contributed by atoms with E-state index in [1.54, 1.807) is 6.92 Å². The number of fused-ring (bicyclic) bond motifs is 2. The van der Waals surface area contributed by atoms with Gasteiger partial charge in [0.15, 0.2) is 5.60 Å². The molecule has 7 nitrogen and oxygen atoms in total. The van der Waals surface area contributed by atoms with Crippen LogP contribution in [0, 0.1) is 29.1 Å². The van der Waals surface area contributed by atoms with E-state index in [4.69, 9.17) is 9.47 Å². The Morgan fingerprint density at radius 3 is 2.67 bits per heavy atom. The van der Waals surface area contributed by atoms with Gasteiger partial charge in [0.2, 0.25) is 0 Å². The molecule has 1 aliphatic heterocycles. The third-order valence-corrected chi connectivity index (χ3v) is 7.22. The summed E-state index contributed by atoms with van der Waals surface area (Å²) < 4.78 is 11.1. The summed E-state index contributed by atoms with van der Waals surface area (Å²) in [6, 6.07) is 0. The molecule has 1 saturated heterocycles. The maximum Gasteiger partial charge on any atom is 0.341 e. The highest BCUT2D eigenvalue weighted by Gasteiger charge is 2.65. The average Bonchev–Trinajstić information content (AvgIpc) is 2.94. The normalized spacial score (nSPS) is 44.9. The standard InChI is InChI=1S/C20H30O7/c1-5-10(2)17(23)26-14-7-15(22)19(4)8-12-13(6-11(3)16(14)19)27-18(24)20(12,25)9-21/h10-14,16,21,25H,5-9H2,1-4H3/t10?,11-,12+,13-,14+,16?,19-,20+/m1/s1. The van der Waals surface area contributed by atoms with Crippen LogP contribution >= 0.6 is 0 Å². The summed E-state index contributed by atoms with van der Waals surface area (Å²) in [6.07, 6.45) is 0.453. The SMILES string of the molecule is CCC(C)C(=O)O[C@H]1CC(=O)[C@@]2(C)C[C@H]3[C@@H](C[C@@H](C)C12)OC(=O)[C@]3(O)CO. The molecule has 152 valence electrons. The fraction of sp³-hybridized carbons (Fsp3) is 0.850. The molecule has 0 aromatic carbocycles. The maximum absolute atomic E-state index is 13.0. The van der Waals surface area contributed by atoms with Crippen LogP contribution in [0.3, 0.4) is 0 Å². The van der Waals surface area contributed by atoms with Gasteiger partial charge in [-0.3, -0.25) is 9.59 Å². The van der Waals surface area contributed by atoms with Crippen molar-refractivity contribution in [3.8, 4) is 0 Å². The Labute approximate surface area is 159 Å². The zero-order valence-electron chi connectivity index (χ0n) is 16.4. The molecule has 0 radical (unpaired) electrons. The lowest BCUT2D eigenvalue weighted by atomic mass is 9.68. The molecule has 2 aliphatic carbocycles. The molecule has 2 N–H and O–H groups in total. The van der Waals surface area contributed by atoms with Crippen molar-refractivity contribution in [1.29, 1.82) is 0 Å². The first-order valence-corrected chi connectivity index (χ1v) is 9.86. The summed E-state index contributed by atoms with van der Waals surface area (Å²) in [5.41, 5.74) is -2.82. The van der Waals surface area contributed by atoms with Crippen LogP contribution in [-0.4, -0.2) is 52.4 Å². The van der Waals surface area contributed by atoms with Crippen LogP contribution in [-0.2, 0) is 23.9 Å². The Morgan fingerprint density at radius 1 is 1.41 bits per heavy atom. The summed E-state index contributed by atoms with van der Waals surface area (Å²) >= 11 is 0. The second-order valence-corrected chi connectivity index (χ2v) is 8.90. The van der Waals surface area contributed by atoms with Crippen molar-refractivity contribution in [3.05, 3.63) is 0 Å². The molecule has 3 rings (SSSR count). The molecule has 0 aromatic rings. The molecular weight excluding hydrogens is 352 g/mol. The first-order valence-electron chi connectivity index (χ1n) is 9.86. The molecule has 0 spiro atoms. The number of ketones is 1. The highest BCUT2D eigenvalue weighted by molar-refractivity contribution is 5.89. The Morgan fingerprint density at radius 2 is 2.07 bits per heavy atom. The Hall–Kier alpha value is -1.47. The van der Waals surface area contributed by atoms with Gasteiger partial charge in [-0.1, -0.05) is 27.7 Å². The predicted octanol–water partition coefficient (Wildman–Crippen LogP) is 1.23. The number of hydrogen-bond donors (Lipinski definition) is 2. The smallest absolute Gasteiger partial charge is 0.341 e. The van der Waals surface area contributed by atoms with Gasteiger partial charge in [0, 0.05) is 23.7 Å². The van der Waals surface area contributed by atoms with Crippen molar-refractivity contribution in [2.75, 3.05) is 6.61 Å². The molecule has 8 atom stereocenters. The summed E-state index contributed by atoms with van der Waals surface area (Å²) in [7, 11) is 0. The van der Waals surface area contributed by atoms with E-state index in [2.05, 4.69) is 0 Å². The van der Waals surface area contributed by atoms with E-state index in [-0.39, 0.29) is 42.3 Å². The van der Waals surface area contributed by atoms with Crippen LogP contribution in [0.1, 0.15) is 53.4 Å². The molecule has 1 heterocycles. The molecule has 0 amide bonds. The van der Waals surface area contributed by atoms with Gasteiger partial charge in [0.1, 0.15) is 18.0 Å². The fourth-order valence-electron chi connectivity index (χ4n) is 5.38. The van der Waals surface area contributed by atoms with Crippen LogP contribution in [0.4, 0.5) is 0 Å². The lowest BCUT2D eigenvalue weighted by Gasteiger charge is -2.36. The lowest BCUT2D eigenvalue weighted by molar-refractivity contribution is -0.161.